The second-order valence-corrected chi connectivity index (χ2v) is 24.9. The standard InChI is InChI=1S/2C46H28O/c1-2-13-32-28-44-42(26-31(32)12-1)41-27-33(23-24-43(41)47-44)30-15-9-16-34(25-30)45-37-18-5-7-20-39(37)46(40-21-8-6-19-38(40)45)36-22-10-14-29-11-3-4-17-35(29)36;1-2-11-30-24-36(21-20-29(30)10-1)46-39-18-7-5-16-37(39)45(38-17-6-8-19-40(38)46)35-15-9-14-31(25-35)34-22-23-43-41(27-34)42-26-32-12-3-4-13-33(32)28-44(42)47-43/h2*1-28H. The van der Waals surface area contributed by atoms with Gasteiger partial charge < -0.3 is 8.83 Å². The van der Waals surface area contributed by atoms with E-state index in [-0.39, 0.29) is 0 Å². The molecule has 0 N–H and O–H groups in total. The molecular weight excluding hydrogens is 1140 g/mol. The second-order valence-electron chi connectivity index (χ2n) is 24.9. The van der Waals surface area contributed by atoms with E-state index in [2.05, 4.69) is 340 Å². The Morgan fingerprint density at radius 1 is 0.138 bits per heavy atom. The molecule has 0 radical (unpaired) electrons. The summed E-state index contributed by atoms with van der Waals surface area (Å²) in [5.41, 5.74) is 18.4. The third-order valence-corrected chi connectivity index (χ3v) is 19.6. The first-order valence-corrected chi connectivity index (χ1v) is 32.3. The van der Waals surface area contributed by atoms with Crippen molar-refractivity contribution in [2.45, 2.75) is 0 Å². The highest BCUT2D eigenvalue weighted by molar-refractivity contribution is 6.25. The lowest BCUT2D eigenvalue weighted by atomic mass is 9.84. The summed E-state index contributed by atoms with van der Waals surface area (Å²) in [6.45, 7) is 0. The van der Waals surface area contributed by atoms with Crippen LogP contribution in [-0.2, 0) is 0 Å². The van der Waals surface area contributed by atoms with Gasteiger partial charge in [-0.3, -0.25) is 0 Å². The second kappa shape index (κ2) is 21.7. The van der Waals surface area contributed by atoms with Gasteiger partial charge in [-0.05, 0) is 220 Å². The number of benzene rings is 18. The van der Waals surface area contributed by atoms with E-state index in [4.69, 9.17) is 8.83 Å². The van der Waals surface area contributed by atoms with Crippen molar-refractivity contribution in [1.82, 2.24) is 0 Å². The minimum Gasteiger partial charge on any atom is -0.456 e. The van der Waals surface area contributed by atoms with Crippen molar-refractivity contribution in [3.8, 4) is 66.8 Å². The highest BCUT2D eigenvalue weighted by atomic mass is 16.3. The maximum Gasteiger partial charge on any atom is 0.136 e. The predicted molar refractivity (Wildman–Crippen MR) is 400 cm³/mol. The topological polar surface area (TPSA) is 26.3 Å². The van der Waals surface area contributed by atoms with Crippen molar-refractivity contribution in [2.75, 3.05) is 0 Å². The molecule has 0 aliphatic carbocycles. The van der Waals surface area contributed by atoms with Gasteiger partial charge in [0.25, 0.3) is 0 Å². The number of furan rings is 2. The first kappa shape index (κ1) is 53.5. The number of hydrogen-bond donors (Lipinski definition) is 0. The van der Waals surface area contributed by atoms with E-state index in [1.54, 1.807) is 0 Å². The van der Waals surface area contributed by atoms with Gasteiger partial charge in [-0.2, -0.15) is 0 Å². The fourth-order valence-electron chi connectivity index (χ4n) is 15.3. The van der Waals surface area contributed by atoms with Gasteiger partial charge in [0.2, 0.25) is 0 Å². The molecule has 2 nitrogen and oxygen atoms in total. The summed E-state index contributed by atoms with van der Waals surface area (Å²) in [4.78, 5) is 0. The van der Waals surface area contributed by atoms with E-state index in [9.17, 15) is 0 Å². The molecule has 2 aromatic heterocycles. The molecule has 94 heavy (non-hydrogen) atoms. The predicted octanol–water partition coefficient (Wildman–Crippen LogP) is 26.4. The molecule has 0 atom stereocenters. The van der Waals surface area contributed by atoms with E-state index < -0.39 is 0 Å². The summed E-state index contributed by atoms with van der Waals surface area (Å²) in [5.74, 6) is 0. The normalized spacial score (nSPS) is 11.8. The quantitative estimate of drug-likeness (QED) is 0.155. The van der Waals surface area contributed by atoms with Gasteiger partial charge in [0, 0.05) is 21.5 Å². The van der Waals surface area contributed by atoms with Crippen LogP contribution in [0.5, 0.6) is 0 Å². The average Bonchev–Trinajstić information content (AvgIpc) is 1.00. The highest BCUT2D eigenvalue weighted by Gasteiger charge is 2.21. The lowest BCUT2D eigenvalue weighted by molar-refractivity contribution is 0.669. The van der Waals surface area contributed by atoms with Gasteiger partial charge in [-0.25, -0.2) is 0 Å². The Morgan fingerprint density at radius 2 is 0.436 bits per heavy atom. The van der Waals surface area contributed by atoms with Gasteiger partial charge in [0.05, 0.1) is 0 Å². The third kappa shape index (κ3) is 8.80. The van der Waals surface area contributed by atoms with Crippen LogP contribution in [0.25, 0.3) is 197 Å². The summed E-state index contributed by atoms with van der Waals surface area (Å²) in [5, 5.41) is 24.6. The Labute approximate surface area is 542 Å². The van der Waals surface area contributed by atoms with Crippen molar-refractivity contribution in [1.29, 1.82) is 0 Å². The smallest absolute Gasteiger partial charge is 0.136 e. The number of rotatable bonds is 6. The number of hydrogen-bond acceptors (Lipinski definition) is 2. The van der Waals surface area contributed by atoms with E-state index in [0.717, 1.165) is 43.9 Å². The maximum absolute atomic E-state index is 6.32. The third-order valence-electron chi connectivity index (χ3n) is 19.6. The van der Waals surface area contributed by atoms with E-state index >= 15 is 0 Å². The fourth-order valence-corrected chi connectivity index (χ4v) is 15.3. The first-order valence-electron chi connectivity index (χ1n) is 32.3. The summed E-state index contributed by atoms with van der Waals surface area (Å²) < 4.78 is 12.6. The molecule has 0 bridgehead atoms. The van der Waals surface area contributed by atoms with Crippen molar-refractivity contribution >= 4 is 130 Å². The van der Waals surface area contributed by atoms with Crippen LogP contribution < -0.4 is 0 Å². The lowest BCUT2D eigenvalue weighted by Crippen LogP contribution is -1.92. The maximum atomic E-state index is 6.32. The Bertz CT molecular complexity index is 6370. The molecule has 20 rings (SSSR count). The van der Waals surface area contributed by atoms with Crippen LogP contribution in [0.3, 0.4) is 0 Å². The SMILES string of the molecule is c1cc(-c2ccc3oc4cc5ccccc5cc4c3c2)cc(-c2c3ccccc3c(-c3ccc4ccccc4c3)c3ccccc23)c1.c1cc(-c2ccc3oc4cc5ccccc5cc4c3c2)cc(-c2c3ccccc3c(-c3cccc4ccccc34)c3ccccc23)c1. The molecule has 0 fully saturated rings. The molecule has 0 aliphatic heterocycles. The van der Waals surface area contributed by atoms with E-state index in [0.29, 0.717) is 0 Å². The van der Waals surface area contributed by atoms with Crippen LogP contribution in [0.1, 0.15) is 0 Å². The first-order chi connectivity index (χ1) is 46.6. The highest BCUT2D eigenvalue weighted by Crippen LogP contribution is 2.48. The van der Waals surface area contributed by atoms with Crippen molar-refractivity contribution < 1.29 is 8.83 Å². The molecule has 2 heteroatoms. The molecule has 0 amide bonds. The van der Waals surface area contributed by atoms with E-state index in [1.165, 1.54) is 153 Å². The molecular formula is C92H56O2. The molecule has 20 aromatic rings. The summed E-state index contributed by atoms with van der Waals surface area (Å²) in [7, 11) is 0. The summed E-state index contributed by atoms with van der Waals surface area (Å²) in [6, 6.07) is 123. The minimum absolute atomic E-state index is 0.913. The average molecular weight is 1190 g/mol. The molecule has 436 valence electrons. The fraction of sp³-hybridized carbons (Fsp3) is 0. The van der Waals surface area contributed by atoms with Gasteiger partial charge >= 0.3 is 0 Å². The van der Waals surface area contributed by atoms with Crippen LogP contribution in [-0.4, -0.2) is 0 Å². The monoisotopic (exact) mass is 1190 g/mol. The Balaban J connectivity index is 0.000000133. The molecule has 0 saturated heterocycles. The van der Waals surface area contributed by atoms with Crippen LogP contribution in [0.15, 0.2) is 349 Å². The molecule has 0 unspecified atom stereocenters. The van der Waals surface area contributed by atoms with Gasteiger partial charge in [0.15, 0.2) is 0 Å². The van der Waals surface area contributed by atoms with Gasteiger partial charge in [-0.1, -0.05) is 273 Å². The zero-order valence-electron chi connectivity index (χ0n) is 51.1. The molecule has 0 saturated carbocycles. The lowest BCUT2D eigenvalue weighted by Gasteiger charge is -2.19. The van der Waals surface area contributed by atoms with Gasteiger partial charge in [-0.15, -0.1) is 0 Å². The summed E-state index contributed by atoms with van der Waals surface area (Å²) >= 11 is 0. The van der Waals surface area contributed by atoms with Crippen LogP contribution in [0.2, 0.25) is 0 Å². The molecule has 0 aliphatic rings. The minimum atomic E-state index is 0.913. The molecule has 2 heterocycles. The Morgan fingerprint density at radius 3 is 0.883 bits per heavy atom. The van der Waals surface area contributed by atoms with Crippen LogP contribution in [0.4, 0.5) is 0 Å². The summed E-state index contributed by atoms with van der Waals surface area (Å²) in [6.07, 6.45) is 0. The zero-order chi connectivity index (χ0) is 61.8. The number of fused-ring (bicyclic) bond motifs is 14. The van der Waals surface area contributed by atoms with Crippen molar-refractivity contribution in [3.05, 3.63) is 340 Å². The molecule has 18 aromatic carbocycles. The van der Waals surface area contributed by atoms with Crippen LogP contribution >= 0.6 is 0 Å². The van der Waals surface area contributed by atoms with Crippen molar-refractivity contribution in [2.24, 2.45) is 0 Å². The largest absolute Gasteiger partial charge is 0.456 e. The Hall–Kier alpha value is -12.4. The van der Waals surface area contributed by atoms with Crippen LogP contribution in [0, 0.1) is 0 Å². The Kier molecular flexibility index (Phi) is 12.3. The van der Waals surface area contributed by atoms with Crippen molar-refractivity contribution in [3.63, 3.8) is 0 Å². The van der Waals surface area contributed by atoms with Gasteiger partial charge in [0.1, 0.15) is 22.3 Å². The molecule has 0 spiro atoms. The zero-order valence-corrected chi connectivity index (χ0v) is 51.1. The van der Waals surface area contributed by atoms with E-state index in [1.807, 2.05) is 0 Å².